The molecule has 12 N–H and O–H groups in total. The summed E-state index contributed by atoms with van der Waals surface area (Å²) in [5.74, 6) is 0. The van der Waals surface area contributed by atoms with E-state index in [1.807, 2.05) is 0 Å². The molecule has 8 unspecified atom stereocenters. The van der Waals surface area contributed by atoms with E-state index < -0.39 is 149 Å². The van der Waals surface area contributed by atoms with Crippen LogP contribution in [0.5, 0.6) is 0 Å². The standard InChI is InChI=1S/C24H40O20/c25-1-5-11(29)19-17(35)21(39-5)37-3-7-9(27)14(32)16(34)24(42-7)44-20-12(30)6(2-26)40-22(18(20)36)38-4-8-10(28)13(31)15(33)23(41-8)43-19/h5-36H,1-4H2/t5?,6?,7?,8?,9-,10-,11-,12-,13+,14+,15?,16?,17?,18?,19+,20+,21+,22+,23-,24-/m1/s1. The highest BCUT2D eigenvalue weighted by Gasteiger charge is 2.54. The van der Waals surface area contributed by atoms with Crippen molar-refractivity contribution in [1.29, 1.82) is 0 Å². The van der Waals surface area contributed by atoms with Gasteiger partial charge >= 0.3 is 0 Å². The third kappa shape index (κ3) is 6.50. The van der Waals surface area contributed by atoms with Gasteiger partial charge in [0.05, 0.1) is 26.4 Å². The maximum Gasteiger partial charge on any atom is 0.187 e. The molecule has 256 valence electrons. The molecule has 20 nitrogen and oxygen atoms in total. The maximum absolute atomic E-state index is 11.0. The van der Waals surface area contributed by atoms with Crippen molar-refractivity contribution in [2.75, 3.05) is 26.4 Å². The number of aliphatic hydroxyl groups is 12. The summed E-state index contributed by atoms with van der Waals surface area (Å²) in [6.07, 6.45) is -34.8. The van der Waals surface area contributed by atoms with Gasteiger partial charge < -0.3 is 99.2 Å². The summed E-state index contributed by atoms with van der Waals surface area (Å²) in [4.78, 5) is 0. The Morgan fingerprint density at radius 3 is 1.07 bits per heavy atom. The van der Waals surface area contributed by atoms with Crippen molar-refractivity contribution < 1.29 is 99.2 Å². The summed E-state index contributed by atoms with van der Waals surface area (Å²) in [6.45, 7) is -2.95. The van der Waals surface area contributed by atoms with Crippen LogP contribution in [0.2, 0.25) is 0 Å². The van der Waals surface area contributed by atoms with Crippen molar-refractivity contribution >= 4 is 0 Å². The van der Waals surface area contributed by atoms with Gasteiger partial charge in [-0.15, -0.1) is 0 Å². The van der Waals surface area contributed by atoms with Gasteiger partial charge in [0.1, 0.15) is 97.7 Å². The number of rotatable bonds is 2. The van der Waals surface area contributed by atoms with Crippen LogP contribution in [0.1, 0.15) is 0 Å². The minimum atomic E-state index is -1.93. The highest BCUT2D eigenvalue weighted by Crippen LogP contribution is 2.33. The molecule has 0 aromatic carbocycles. The second-order valence-electron chi connectivity index (χ2n) is 11.3. The Morgan fingerprint density at radius 2 is 0.727 bits per heavy atom. The molecule has 0 saturated carbocycles. The Morgan fingerprint density at radius 1 is 0.364 bits per heavy atom. The van der Waals surface area contributed by atoms with Crippen LogP contribution in [0.15, 0.2) is 0 Å². The third-order valence-electron chi connectivity index (χ3n) is 8.41. The molecule has 0 aromatic rings. The van der Waals surface area contributed by atoms with Gasteiger partial charge in [0.25, 0.3) is 0 Å². The van der Waals surface area contributed by atoms with Gasteiger partial charge in [-0.3, -0.25) is 0 Å². The Hall–Kier alpha value is -0.800. The second-order valence-corrected chi connectivity index (χ2v) is 11.3. The van der Waals surface area contributed by atoms with Gasteiger partial charge in [-0.05, 0) is 0 Å². The average molecular weight is 649 g/mol. The minimum absolute atomic E-state index is 0.674. The van der Waals surface area contributed by atoms with Crippen molar-refractivity contribution in [3.05, 3.63) is 0 Å². The van der Waals surface area contributed by atoms with E-state index in [1.54, 1.807) is 0 Å². The number of fused-ring (bicyclic) bond motifs is 8. The van der Waals surface area contributed by atoms with Crippen molar-refractivity contribution in [3.8, 4) is 0 Å². The topological polar surface area (TPSA) is 317 Å². The normalized spacial score (nSPS) is 55.9. The van der Waals surface area contributed by atoms with E-state index in [0.29, 0.717) is 0 Å². The van der Waals surface area contributed by atoms with E-state index in [2.05, 4.69) is 0 Å². The van der Waals surface area contributed by atoms with Gasteiger partial charge in [-0.2, -0.15) is 0 Å². The van der Waals surface area contributed by atoms with E-state index >= 15 is 0 Å². The van der Waals surface area contributed by atoms with E-state index in [1.165, 1.54) is 0 Å². The molecule has 5 rings (SSSR count). The maximum atomic E-state index is 11.0. The van der Waals surface area contributed by atoms with Crippen LogP contribution in [0.4, 0.5) is 0 Å². The highest BCUT2D eigenvalue weighted by atomic mass is 16.8. The second kappa shape index (κ2) is 14.1. The van der Waals surface area contributed by atoms with Gasteiger partial charge in [-0.25, -0.2) is 0 Å². The van der Waals surface area contributed by atoms with Crippen LogP contribution in [0, 0.1) is 0 Å². The fraction of sp³-hybridized carbons (Fsp3) is 1.00. The van der Waals surface area contributed by atoms with E-state index in [9.17, 15) is 61.3 Å². The molecule has 0 aromatic heterocycles. The van der Waals surface area contributed by atoms with Crippen LogP contribution in [-0.4, -0.2) is 211 Å². The van der Waals surface area contributed by atoms with Gasteiger partial charge in [0.2, 0.25) is 0 Å². The molecular formula is C24H40O20. The first-order valence-corrected chi connectivity index (χ1v) is 14.1. The Labute approximate surface area is 249 Å². The fourth-order valence-corrected chi connectivity index (χ4v) is 5.73. The molecule has 0 radical (unpaired) electrons. The van der Waals surface area contributed by atoms with Crippen LogP contribution in [0.3, 0.4) is 0 Å². The summed E-state index contributed by atoms with van der Waals surface area (Å²) in [5.41, 5.74) is 0. The lowest BCUT2D eigenvalue weighted by atomic mass is 9.96. The monoisotopic (exact) mass is 648 g/mol. The van der Waals surface area contributed by atoms with Gasteiger partial charge in [0.15, 0.2) is 25.2 Å². The predicted octanol–water partition coefficient (Wildman–Crippen LogP) is -8.70. The van der Waals surface area contributed by atoms with Crippen LogP contribution in [-0.2, 0) is 37.9 Å². The molecule has 20 heteroatoms. The molecule has 0 amide bonds. The SMILES string of the molecule is OCC1O[C@@H]2OCC3O[C@H](O[C@@H]4C(O)[C@@H](OCC5O[C@H](O[C@H](C2O)[C@@H]1O)C(O)[C@@H](O)[C@@H]5O)OC(CO)[C@H]4O)C(O)[C@@H](O)[C@@H]3O. The van der Waals surface area contributed by atoms with Crippen LogP contribution >= 0.6 is 0 Å². The molecular weight excluding hydrogens is 608 g/mol. The van der Waals surface area contributed by atoms with Crippen molar-refractivity contribution in [3.63, 3.8) is 0 Å². The largest absolute Gasteiger partial charge is 0.394 e. The lowest BCUT2D eigenvalue weighted by Crippen LogP contribution is -2.67. The first-order valence-electron chi connectivity index (χ1n) is 14.1. The predicted molar refractivity (Wildman–Crippen MR) is 131 cm³/mol. The quantitative estimate of drug-likeness (QED) is 0.132. The lowest BCUT2D eigenvalue weighted by Gasteiger charge is -2.48. The molecule has 5 heterocycles. The smallest absolute Gasteiger partial charge is 0.187 e. The molecule has 44 heavy (non-hydrogen) atoms. The third-order valence-corrected chi connectivity index (χ3v) is 8.41. The molecule has 0 aliphatic carbocycles. The summed E-state index contributed by atoms with van der Waals surface area (Å²) in [5, 5.41) is 126. The average Bonchev–Trinajstić information content (AvgIpc) is 3.01. The summed E-state index contributed by atoms with van der Waals surface area (Å²) < 4.78 is 44.3. The fourth-order valence-electron chi connectivity index (χ4n) is 5.73. The molecule has 5 aliphatic heterocycles. The number of hydrogen-bond acceptors (Lipinski definition) is 20. The molecule has 5 saturated heterocycles. The summed E-state index contributed by atoms with van der Waals surface area (Å²) >= 11 is 0. The zero-order chi connectivity index (χ0) is 32.0. The molecule has 5 aliphatic rings. The van der Waals surface area contributed by atoms with Crippen LogP contribution in [0.25, 0.3) is 0 Å². The number of ether oxygens (including phenoxy) is 8. The van der Waals surface area contributed by atoms with Crippen molar-refractivity contribution in [2.45, 2.75) is 123 Å². The Balaban J connectivity index is 1.47. The van der Waals surface area contributed by atoms with E-state index in [4.69, 9.17) is 37.9 Å². The Bertz CT molecular complexity index is 860. The molecule has 8 bridgehead atoms. The lowest BCUT2D eigenvalue weighted by molar-refractivity contribution is -0.383. The van der Waals surface area contributed by atoms with Crippen molar-refractivity contribution in [1.82, 2.24) is 0 Å². The van der Waals surface area contributed by atoms with Crippen LogP contribution < -0.4 is 0 Å². The van der Waals surface area contributed by atoms with Gasteiger partial charge in [0, 0.05) is 0 Å². The summed E-state index contributed by atoms with van der Waals surface area (Å²) in [6, 6.07) is 0. The number of hydrogen-bond donors (Lipinski definition) is 12. The van der Waals surface area contributed by atoms with Gasteiger partial charge in [-0.1, -0.05) is 0 Å². The van der Waals surface area contributed by atoms with E-state index in [-0.39, 0.29) is 0 Å². The minimum Gasteiger partial charge on any atom is -0.394 e. The zero-order valence-corrected chi connectivity index (χ0v) is 23.0. The highest BCUT2D eigenvalue weighted by molar-refractivity contribution is 4.97. The van der Waals surface area contributed by atoms with E-state index in [0.717, 1.165) is 0 Å². The van der Waals surface area contributed by atoms with Crippen molar-refractivity contribution in [2.24, 2.45) is 0 Å². The zero-order valence-electron chi connectivity index (χ0n) is 23.0. The first kappa shape index (κ1) is 34.5. The molecule has 0 spiro atoms. The molecule has 20 atom stereocenters. The molecule has 5 fully saturated rings. The number of aliphatic hydroxyl groups excluding tert-OH is 12. The summed E-state index contributed by atoms with van der Waals surface area (Å²) in [7, 11) is 0. The first-order chi connectivity index (χ1) is 20.9. The Kier molecular flexibility index (Phi) is 11.1.